The lowest BCUT2D eigenvalue weighted by atomic mass is 10.2. The Morgan fingerprint density at radius 2 is 2.04 bits per heavy atom. The minimum atomic E-state index is -0.113. The molecule has 6 nitrogen and oxygen atoms in total. The Hall–Kier alpha value is -2.73. The van der Waals surface area contributed by atoms with Crippen LogP contribution < -0.4 is 14.8 Å². The number of anilines is 1. The van der Waals surface area contributed by atoms with E-state index in [1.807, 2.05) is 18.2 Å². The molecule has 0 radical (unpaired) electrons. The van der Waals surface area contributed by atoms with Gasteiger partial charge in [0.1, 0.15) is 11.5 Å². The van der Waals surface area contributed by atoms with E-state index in [4.69, 9.17) is 21.1 Å². The first-order chi connectivity index (χ1) is 12.1. The number of ether oxygens (including phenoxy) is 2. The van der Waals surface area contributed by atoms with Gasteiger partial charge in [-0.2, -0.15) is 5.10 Å². The van der Waals surface area contributed by atoms with E-state index in [1.165, 1.54) is 0 Å². The highest BCUT2D eigenvalue weighted by atomic mass is 35.5. The number of nitrogens with zero attached hydrogens (tertiary/aromatic N) is 2. The van der Waals surface area contributed by atoms with Crippen LogP contribution in [0.15, 0.2) is 42.6 Å². The number of aromatic nitrogens is 2. The summed E-state index contributed by atoms with van der Waals surface area (Å²) in [5, 5.41) is 8.58. The number of carbonyl (C=O) groups is 1. The first-order valence-corrected chi connectivity index (χ1v) is 8.11. The summed E-state index contributed by atoms with van der Waals surface area (Å²) in [7, 11) is 3.17. The molecular weight excluding hydrogens is 342 g/mol. The van der Waals surface area contributed by atoms with Crippen molar-refractivity contribution in [1.29, 1.82) is 0 Å². The summed E-state index contributed by atoms with van der Waals surface area (Å²) in [6.07, 6.45) is 2.06. The minimum absolute atomic E-state index is 0.113. The maximum atomic E-state index is 12.2. The van der Waals surface area contributed by atoms with Crippen LogP contribution in [0.5, 0.6) is 11.5 Å². The van der Waals surface area contributed by atoms with E-state index in [-0.39, 0.29) is 5.91 Å². The molecule has 1 heterocycles. The molecule has 2 aromatic carbocycles. The van der Waals surface area contributed by atoms with E-state index in [9.17, 15) is 4.79 Å². The van der Waals surface area contributed by atoms with Gasteiger partial charge in [0.2, 0.25) is 5.91 Å². The highest BCUT2D eigenvalue weighted by Crippen LogP contribution is 2.27. The molecule has 25 heavy (non-hydrogen) atoms. The smallest absolute Gasteiger partial charge is 0.226 e. The number of benzene rings is 2. The first kappa shape index (κ1) is 17.1. The van der Waals surface area contributed by atoms with Gasteiger partial charge in [-0.3, -0.25) is 9.48 Å². The Morgan fingerprint density at radius 1 is 1.20 bits per heavy atom. The topological polar surface area (TPSA) is 65.4 Å². The summed E-state index contributed by atoms with van der Waals surface area (Å²) in [4.78, 5) is 12.2. The molecule has 0 aliphatic rings. The Bertz CT molecular complexity index is 908. The number of halogens is 1. The molecule has 3 rings (SSSR count). The molecule has 0 aliphatic heterocycles. The molecule has 1 aromatic heterocycles. The number of nitrogens with one attached hydrogen (secondary N) is 1. The fourth-order valence-corrected chi connectivity index (χ4v) is 2.80. The lowest BCUT2D eigenvalue weighted by molar-refractivity contribution is -0.116. The molecule has 0 saturated heterocycles. The number of aryl methyl sites for hydroxylation is 1. The van der Waals surface area contributed by atoms with Crippen molar-refractivity contribution < 1.29 is 14.3 Å². The van der Waals surface area contributed by atoms with E-state index < -0.39 is 0 Å². The fraction of sp³-hybridized carbons (Fsp3) is 0.222. The third-order valence-corrected chi connectivity index (χ3v) is 4.13. The lowest BCUT2D eigenvalue weighted by Crippen LogP contribution is -2.15. The van der Waals surface area contributed by atoms with Gasteiger partial charge < -0.3 is 14.8 Å². The summed E-state index contributed by atoms with van der Waals surface area (Å²) in [5.74, 6) is 1.23. The molecule has 130 valence electrons. The number of methoxy groups -OCH3 is 2. The first-order valence-electron chi connectivity index (χ1n) is 7.73. The molecule has 0 atom stereocenters. The largest absolute Gasteiger partial charge is 0.497 e. The quantitative estimate of drug-likeness (QED) is 0.728. The molecular formula is C18H18ClN3O3. The maximum absolute atomic E-state index is 12.2. The SMILES string of the molecule is COc1ccc2c(cnn2CCC(=O)Nc2ccc(OC)c(Cl)c2)c1. The zero-order valence-electron chi connectivity index (χ0n) is 14.0. The van der Waals surface area contributed by atoms with E-state index in [0.29, 0.717) is 29.4 Å². The molecule has 0 bridgehead atoms. The van der Waals surface area contributed by atoms with Gasteiger partial charge >= 0.3 is 0 Å². The van der Waals surface area contributed by atoms with Crippen LogP contribution >= 0.6 is 11.6 Å². The Labute approximate surface area is 150 Å². The number of hydrogen-bond acceptors (Lipinski definition) is 4. The number of hydrogen-bond donors (Lipinski definition) is 1. The van der Waals surface area contributed by atoms with Crippen molar-refractivity contribution in [3.05, 3.63) is 47.6 Å². The van der Waals surface area contributed by atoms with Gasteiger partial charge in [-0.25, -0.2) is 0 Å². The normalized spacial score (nSPS) is 10.7. The summed E-state index contributed by atoms with van der Waals surface area (Å²) in [5.41, 5.74) is 1.59. The molecule has 0 spiro atoms. The molecule has 0 unspecified atom stereocenters. The van der Waals surface area contributed by atoms with Crippen LogP contribution in [-0.2, 0) is 11.3 Å². The van der Waals surface area contributed by atoms with Crippen molar-refractivity contribution in [1.82, 2.24) is 9.78 Å². The van der Waals surface area contributed by atoms with Gasteiger partial charge in [-0.1, -0.05) is 11.6 Å². The standard InChI is InChI=1S/C18H18ClN3O3/c1-24-14-4-5-16-12(9-14)11-20-22(16)8-7-18(23)21-13-3-6-17(25-2)15(19)10-13/h3-6,9-11H,7-8H2,1-2H3,(H,21,23). The van der Waals surface area contributed by atoms with Crippen LogP contribution in [-0.4, -0.2) is 29.9 Å². The van der Waals surface area contributed by atoms with Gasteiger partial charge in [0.05, 0.1) is 37.5 Å². The second-order valence-electron chi connectivity index (χ2n) is 5.44. The number of amides is 1. The summed E-state index contributed by atoms with van der Waals surface area (Å²) in [6, 6.07) is 10.8. The van der Waals surface area contributed by atoms with Crippen LogP contribution in [0.3, 0.4) is 0 Å². The van der Waals surface area contributed by atoms with E-state index >= 15 is 0 Å². The van der Waals surface area contributed by atoms with Crippen LogP contribution in [0.4, 0.5) is 5.69 Å². The van der Waals surface area contributed by atoms with Crippen LogP contribution in [0.25, 0.3) is 10.9 Å². The van der Waals surface area contributed by atoms with Crippen molar-refractivity contribution in [3.8, 4) is 11.5 Å². The van der Waals surface area contributed by atoms with Crippen molar-refractivity contribution in [3.63, 3.8) is 0 Å². The fourth-order valence-electron chi connectivity index (χ4n) is 2.55. The average Bonchev–Trinajstić information content (AvgIpc) is 3.02. The molecule has 7 heteroatoms. The highest BCUT2D eigenvalue weighted by Gasteiger charge is 2.09. The second kappa shape index (κ2) is 7.44. The minimum Gasteiger partial charge on any atom is -0.497 e. The van der Waals surface area contributed by atoms with Crippen molar-refractivity contribution in [2.24, 2.45) is 0 Å². The second-order valence-corrected chi connectivity index (χ2v) is 5.85. The van der Waals surface area contributed by atoms with Gasteiger partial charge in [0.25, 0.3) is 0 Å². The highest BCUT2D eigenvalue weighted by molar-refractivity contribution is 6.32. The molecule has 0 fully saturated rings. The third kappa shape index (κ3) is 3.85. The zero-order valence-corrected chi connectivity index (χ0v) is 14.7. The number of fused-ring (bicyclic) bond motifs is 1. The summed E-state index contributed by atoms with van der Waals surface area (Å²) >= 11 is 6.06. The average molecular weight is 360 g/mol. The predicted molar refractivity (Wildman–Crippen MR) is 97.5 cm³/mol. The molecule has 3 aromatic rings. The summed E-state index contributed by atoms with van der Waals surface area (Å²) in [6.45, 7) is 0.478. The molecule has 0 saturated carbocycles. The Kier molecular flexibility index (Phi) is 5.09. The molecule has 0 aliphatic carbocycles. The van der Waals surface area contributed by atoms with Gasteiger partial charge in [0, 0.05) is 17.5 Å². The zero-order chi connectivity index (χ0) is 17.8. The summed E-state index contributed by atoms with van der Waals surface area (Å²) < 4.78 is 12.1. The Morgan fingerprint density at radius 3 is 2.76 bits per heavy atom. The van der Waals surface area contributed by atoms with Crippen LogP contribution in [0, 0.1) is 0 Å². The number of rotatable bonds is 6. The molecule has 1 N–H and O–H groups in total. The van der Waals surface area contributed by atoms with Crippen molar-refractivity contribution >= 4 is 34.1 Å². The van der Waals surface area contributed by atoms with Crippen LogP contribution in [0.2, 0.25) is 5.02 Å². The third-order valence-electron chi connectivity index (χ3n) is 3.84. The van der Waals surface area contributed by atoms with E-state index in [2.05, 4.69) is 10.4 Å². The predicted octanol–water partition coefficient (Wildman–Crippen LogP) is 3.74. The van der Waals surface area contributed by atoms with Crippen molar-refractivity contribution in [2.75, 3.05) is 19.5 Å². The maximum Gasteiger partial charge on any atom is 0.226 e. The monoisotopic (exact) mass is 359 g/mol. The lowest BCUT2D eigenvalue weighted by Gasteiger charge is -2.08. The van der Waals surface area contributed by atoms with E-state index in [0.717, 1.165) is 16.7 Å². The molecule has 1 amide bonds. The number of carbonyl (C=O) groups excluding carboxylic acids is 1. The van der Waals surface area contributed by atoms with Crippen LogP contribution in [0.1, 0.15) is 6.42 Å². The van der Waals surface area contributed by atoms with Crippen molar-refractivity contribution in [2.45, 2.75) is 13.0 Å². The van der Waals surface area contributed by atoms with Gasteiger partial charge in [-0.15, -0.1) is 0 Å². The van der Waals surface area contributed by atoms with E-state index in [1.54, 1.807) is 43.3 Å². The Balaban J connectivity index is 1.63. The van der Waals surface area contributed by atoms with Gasteiger partial charge in [-0.05, 0) is 36.4 Å². The van der Waals surface area contributed by atoms with Gasteiger partial charge in [0.15, 0.2) is 0 Å².